The molecule has 0 amide bonds. The number of carbonyl (C=O) groups excluding carboxylic acids is 2. The molecule has 2 unspecified atom stereocenters. The van der Waals surface area contributed by atoms with Crippen molar-refractivity contribution in [1.82, 2.24) is 9.80 Å². The van der Waals surface area contributed by atoms with E-state index in [9.17, 15) is 18.4 Å². The molecule has 0 bridgehead atoms. The quantitative estimate of drug-likeness (QED) is 0.297. The molecule has 2 aliphatic heterocycles. The molecule has 0 aromatic heterocycles. The number of ether oxygens (including phenoxy) is 4. The van der Waals surface area contributed by atoms with Crippen LogP contribution >= 0.6 is 0 Å². The van der Waals surface area contributed by atoms with Gasteiger partial charge in [0.1, 0.15) is 35.0 Å². The van der Waals surface area contributed by atoms with Gasteiger partial charge >= 0.3 is 11.9 Å². The smallest absolute Gasteiger partial charge is 0.417 e. The monoisotopic (exact) mass is 588 g/mol. The Labute approximate surface area is 246 Å². The lowest BCUT2D eigenvalue weighted by Gasteiger charge is -2.44. The Morgan fingerprint density at radius 3 is 1.36 bits per heavy atom. The summed E-state index contributed by atoms with van der Waals surface area (Å²) in [6.07, 6.45) is 0.582. The van der Waals surface area contributed by atoms with Crippen molar-refractivity contribution < 1.29 is 37.3 Å². The predicted molar refractivity (Wildman–Crippen MR) is 152 cm³/mol. The van der Waals surface area contributed by atoms with Gasteiger partial charge < -0.3 is 28.7 Å². The van der Waals surface area contributed by atoms with Gasteiger partial charge in [0, 0.05) is 37.3 Å². The molecule has 4 rings (SSSR count). The molecule has 2 aromatic rings. The highest BCUT2D eigenvalue weighted by Crippen LogP contribution is 2.35. The third-order valence-corrected chi connectivity index (χ3v) is 8.83. The fourth-order valence-corrected chi connectivity index (χ4v) is 5.64. The number of halogens is 2. The number of carbonyl (C=O) groups is 2. The summed E-state index contributed by atoms with van der Waals surface area (Å²) < 4.78 is 52.4. The van der Waals surface area contributed by atoms with Crippen LogP contribution in [0.2, 0.25) is 0 Å². The molecule has 2 fully saturated rings. The summed E-state index contributed by atoms with van der Waals surface area (Å²) >= 11 is 0. The van der Waals surface area contributed by atoms with Gasteiger partial charge in [-0.1, -0.05) is 36.4 Å². The molecule has 0 N–H and O–H groups in total. The van der Waals surface area contributed by atoms with Gasteiger partial charge in [-0.2, -0.15) is 0 Å². The van der Waals surface area contributed by atoms with Gasteiger partial charge in [-0.25, -0.2) is 18.4 Å². The van der Waals surface area contributed by atoms with Crippen molar-refractivity contribution in [3.05, 3.63) is 71.3 Å². The standard InChI is InChI=1S/C32H42F2N2O6/c1-23(31(13-17-35(3)18-14-31)39-21-25-9-5-7-11-27(25)33)41-29(37)30(38)42-24(2)32(15-19-36(4)20-16-32)40-22-26-10-6-8-12-28(26)34/h5-12,23-24H,13-22H2,1-4H3. The predicted octanol–water partition coefficient (Wildman–Crippen LogP) is 4.49. The van der Waals surface area contributed by atoms with Gasteiger partial charge in [0.2, 0.25) is 0 Å². The minimum Gasteiger partial charge on any atom is -0.451 e. The van der Waals surface area contributed by atoms with E-state index in [2.05, 4.69) is 9.80 Å². The Hall–Kier alpha value is -2.92. The Bertz CT molecular complexity index is 1120. The Morgan fingerprint density at radius 1 is 0.690 bits per heavy atom. The van der Waals surface area contributed by atoms with Crippen molar-refractivity contribution in [3.8, 4) is 0 Å². The molecule has 42 heavy (non-hydrogen) atoms. The molecule has 0 aliphatic carbocycles. The fourth-order valence-electron chi connectivity index (χ4n) is 5.64. The van der Waals surface area contributed by atoms with Crippen LogP contribution in [0, 0.1) is 11.6 Å². The lowest BCUT2D eigenvalue weighted by atomic mass is 9.86. The minimum atomic E-state index is -1.13. The Morgan fingerprint density at radius 2 is 1.02 bits per heavy atom. The number of hydrogen-bond acceptors (Lipinski definition) is 8. The van der Waals surface area contributed by atoms with Crippen LogP contribution in [-0.2, 0) is 41.8 Å². The highest BCUT2D eigenvalue weighted by atomic mass is 19.1. The van der Waals surface area contributed by atoms with Crippen molar-refractivity contribution in [2.75, 3.05) is 40.3 Å². The van der Waals surface area contributed by atoms with Crippen LogP contribution in [0.15, 0.2) is 48.5 Å². The molecule has 230 valence electrons. The van der Waals surface area contributed by atoms with Crippen LogP contribution in [-0.4, -0.2) is 85.4 Å². The van der Waals surface area contributed by atoms with Gasteiger partial charge in [-0.3, -0.25) is 0 Å². The van der Waals surface area contributed by atoms with Crippen molar-refractivity contribution in [2.24, 2.45) is 0 Å². The first kappa shape index (κ1) is 32.0. The molecule has 0 saturated carbocycles. The van der Waals surface area contributed by atoms with Crippen molar-refractivity contribution in [3.63, 3.8) is 0 Å². The van der Waals surface area contributed by atoms with Gasteiger partial charge in [-0.05, 0) is 65.8 Å². The zero-order valence-corrected chi connectivity index (χ0v) is 24.9. The number of nitrogens with zero attached hydrogens (tertiary/aromatic N) is 2. The first-order chi connectivity index (χ1) is 20.0. The molecule has 2 aromatic carbocycles. The second-order valence-corrected chi connectivity index (χ2v) is 11.6. The van der Waals surface area contributed by atoms with Crippen LogP contribution in [0.1, 0.15) is 50.7 Å². The van der Waals surface area contributed by atoms with E-state index in [1.807, 2.05) is 14.1 Å². The van der Waals surface area contributed by atoms with E-state index in [1.165, 1.54) is 12.1 Å². The maximum absolute atomic E-state index is 14.3. The second-order valence-electron chi connectivity index (χ2n) is 11.6. The highest BCUT2D eigenvalue weighted by Gasteiger charge is 2.45. The third-order valence-electron chi connectivity index (χ3n) is 8.83. The van der Waals surface area contributed by atoms with Crippen LogP contribution < -0.4 is 0 Å². The molecule has 2 heterocycles. The SMILES string of the molecule is CC(OC(=O)C(=O)OC(C)C1(OCc2ccccc2F)CCN(C)CC1)C1(OCc2ccccc2F)CCN(C)CC1. The first-order valence-electron chi connectivity index (χ1n) is 14.6. The van der Waals surface area contributed by atoms with Gasteiger partial charge in [0.15, 0.2) is 0 Å². The van der Waals surface area contributed by atoms with E-state index in [0.717, 1.165) is 0 Å². The molecule has 0 spiro atoms. The number of esters is 2. The van der Waals surface area contributed by atoms with E-state index in [1.54, 1.807) is 50.2 Å². The zero-order chi connectivity index (χ0) is 30.3. The van der Waals surface area contributed by atoms with E-state index in [-0.39, 0.29) is 24.8 Å². The Kier molecular flexibility index (Phi) is 10.7. The van der Waals surface area contributed by atoms with Gasteiger partial charge in [0.05, 0.1) is 13.2 Å². The number of hydrogen-bond donors (Lipinski definition) is 0. The summed E-state index contributed by atoms with van der Waals surface area (Å²) in [7, 11) is 3.98. The molecule has 2 saturated heterocycles. The van der Waals surface area contributed by atoms with Crippen molar-refractivity contribution >= 4 is 11.9 Å². The summed E-state index contributed by atoms with van der Waals surface area (Å²) in [5.41, 5.74) is -0.981. The van der Waals surface area contributed by atoms with E-state index in [0.29, 0.717) is 63.0 Å². The Balaban J connectivity index is 1.41. The minimum absolute atomic E-state index is 0.00999. The van der Waals surface area contributed by atoms with Crippen LogP contribution in [0.3, 0.4) is 0 Å². The first-order valence-corrected chi connectivity index (χ1v) is 14.6. The van der Waals surface area contributed by atoms with E-state index < -0.39 is 35.3 Å². The summed E-state index contributed by atoms with van der Waals surface area (Å²) in [6, 6.07) is 12.8. The van der Waals surface area contributed by atoms with Crippen LogP contribution in [0.4, 0.5) is 8.78 Å². The largest absolute Gasteiger partial charge is 0.451 e. The maximum atomic E-state index is 14.3. The average Bonchev–Trinajstić information content (AvgIpc) is 2.98. The summed E-state index contributed by atoms with van der Waals surface area (Å²) in [4.78, 5) is 30.3. The average molecular weight is 589 g/mol. The summed E-state index contributed by atoms with van der Waals surface area (Å²) in [5, 5.41) is 0. The second kappa shape index (κ2) is 14.0. The highest BCUT2D eigenvalue weighted by molar-refractivity contribution is 6.29. The topological polar surface area (TPSA) is 77.5 Å². The van der Waals surface area contributed by atoms with Gasteiger partial charge in [0.25, 0.3) is 0 Å². The third kappa shape index (κ3) is 7.72. The fraction of sp³-hybridized carbons (Fsp3) is 0.562. The molecule has 10 heteroatoms. The van der Waals surface area contributed by atoms with Crippen molar-refractivity contribution in [1.29, 1.82) is 0 Å². The molecular formula is C32H42F2N2O6. The molecule has 2 aliphatic rings. The maximum Gasteiger partial charge on any atom is 0.417 e. The number of benzene rings is 2. The van der Waals surface area contributed by atoms with Crippen LogP contribution in [0.25, 0.3) is 0 Å². The number of likely N-dealkylation sites (tertiary alicyclic amines) is 2. The number of rotatable bonds is 10. The zero-order valence-electron chi connectivity index (χ0n) is 24.9. The lowest BCUT2D eigenvalue weighted by molar-refractivity contribution is -0.203. The number of piperidine rings is 2. The normalized spacial score (nSPS) is 20.4. The lowest BCUT2D eigenvalue weighted by Crippen LogP contribution is -2.54. The molecule has 0 radical (unpaired) electrons. The van der Waals surface area contributed by atoms with Gasteiger partial charge in [-0.15, -0.1) is 0 Å². The molecule has 2 atom stereocenters. The van der Waals surface area contributed by atoms with E-state index >= 15 is 0 Å². The van der Waals surface area contributed by atoms with Crippen LogP contribution in [0.5, 0.6) is 0 Å². The van der Waals surface area contributed by atoms with Crippen molar-refractivity contribution in [2.45, 2.75) is 76.2 Å². The summed E-state index contributed by atoms with van der Waals surface area (Å²) in [5.74, 6) is -3.00. The molecule has 8 nitrogen and oxygen atoms in total. The molecular weight excluding hydrogens is 546 g/mol. The summed E-state index contributed by atoms with van der Waals surface area (Å²) in [6.45, 7) is 6.17. The van der Waals surface area contributed by atoms with E-state index in [4.69, 9.17) is 18.9 Å².